The summed E-state index contributed by atoms with van der Waals surface area (Å²) in [5.74, 6) is -0.341. The number of piperidine rings is 1. The van der Waals surface area contributed by atoms with Crippen molar-refractivity contribution in [3.05, 3.63) is 22.7 Å². The first kappa shape index (κ1) is 14.6. The van der Waals surface area contributed by atoms with Gasteiger partial charge in [-0.1, -0.05) is 0 Å². The van der Waals surface area contributed by atoms with Crippen molar-refractivity contribution in [3.63, 3.8) is 0 Å². The first-order valence-corrected chi connectivity index (χ1v) is 6.90. The molecule has 0 spiro atoms. The van der Waals surface area contributed by atoms with Gasteiger partial charge < -0.3 is 14.6 Å². The molecule has 0 atom stereocenters. The molecule has 0 radical (unpaired) electrons. The van der Waals surface area contributed by atoms with Crippen molar-refractivity contribution in [1.82, 2.24) is 9.55 Å². The maximum atomic E-state index is 12.3. The standard InChI is InChI=1S/C14H21N3O3/c1-10(2)17-9-6-15-11(12(17)18)16-7-4-14(3,5-8-16)13(19)20/h6,9-10H,4-5,7-8H2,1-3H3,(H,19,20). The molecule has 6 nitrogen and oxygen atoms in total. The van der Waals surface area contributed by atoms with Crippen molar-refractivity contribution in [2.45, 2.75) is 39.7 Å². The summed E-state index contributed by atoms with van der Waals surface area (Å²) in [7, 11) is 0. The lowest BCUT2D eigenvalue weighted by Crippen LogP contribution is -2.45. The largest absolute Gasteiger partial charge is 0.481 e. The highest BCUT2D eigenvalue weighted by Crippen LogP contribution is 2.31. The van der Waals surface area contributed by atoms with Crippen LogP contribution in [0.5, 0.6) is 0 Å². The van der Waals surface area contributed by atoms with Crippen molar-refractivity contribution in [2.75, 3.05) is 18.0 Å². The van der Waals surface area contributed by atoms with Crippen LogP contribution in [0.25, 0.3) is 0 Å². The number of aromatic nitrogens is 2. The molecule has 0 aromatic carbocycles. The third kappa shape index (κ3) is 2.55. The van der Waals surface area contributed by atoms with Gasteiger partial charge in [0.05, 0.1) is 5.41 Å². The van der Waals surface area contributed by atoms with E-state index in [1.54, 1.807) is 23.9 Å². The second-order valence-corrected chi connectivity index (χ2v) is 5.91. The van der Waals surface area contributed by atoms with E-state index in [0.717, 1.165) is 0 Å². The van der Waals surface area contributed by atoms with E-state index in [2.05, 4.69) is 4.98 Å². The molecule has 1 aliphatic heterocycles. The van der Waals surface area contributed by atoms with Gasteiger partial charge in [-0.2, -0.15) is 0 Å². The molecule has 1 N–H and O–H groups in total. The Kier molecular flexibility index (Phi) is 3.83. The summed E-state index contributed by atoms with van der Waals surface area (Å²) in [6, 6.07) is 0.0818. The average molecular weight is 279 g/mol. The topological polar surface area (TPSA) is 75.4 Å². The zero-order valence-corrected chi connectivity index (χ0v) is 12.2. The fraction of sp³-hybridized carbons (Fsp3) is 0.643. The molecule has 0 bridgehead atoms. The predicted octanol–water partition coefficient (Wildman–Crippen LogP) is 1.52. The molecule has 0 saturated carbocycles. The van der Waals surface area contributed by atoms with Crippen molar-refractivity contribution in [1.29, 1.82) is 0 Å². The molecule has 1 aliphatic rings. The van der Waals surface area contributed by atoms with Crippen LogP contribution in [0.3, 0.4) is 0 Å². The van der Waals surface area contributed by atoms with Crippen molar-refractivity contribution < 1.29 is 9.90 Å². The van der Waals surface area contributed by atoms with Crippen LogP contribution >= 0.6 is 0 Å². The fourth-order valence-corrected chi connectivity index (χ4v) is 2.46. The molecule has 110 valence electrons. The van der Waals surface area contributed by atoms with Crippen LogP contribution in [-0.2, 0) is 4.79 Å². The van der Waals surface area contributed by atoms with Crippen molar-refractivity contribution in [2.24, 2.45) is 5.41 Å². The number of aliphatic carboxylic acids is 1. The highest BCUT2D eigenvalue weighted by atomic mass is 16.4. The Morgan fingerprint density at radius 3 is 2.50 bits per heavy atom. The molecule has 0 aliphatic carbocycles. The molecule has 2 rings (SSSR count). The van der Waals surface area contributed by atoms with Gasteiger partial charge in [-0.15, -0.1) is 0 Å². The van der Waals surface area contributed by atoms with Gasteiger partial charge in [0.15, 0.2) is 5.82 Å². The molecule has 1 saturated heterocycles. The normalized spacial score (nSPS) is 18.3. The third-order valence-corrected chi connectivity index (χ3v) is 4.09. The Labute approximate surface area is 118 Å². The van der Waals surface area contributed by atoms with Crippen LogP contribution < -0.4 is 10.5 Å². The van der Waals surface area contributed by atoms with Crippen LogP contribution in [0.4, 0.5) is 5.82 Å². The predicted molar refractivity (Wildman–Crippen MR) is 76.1 cm³/mol. The van der Waals surface area contributed by atoms with Crippen LogP contribution in [0, 0.1) is 5.41 Å². The van der Waals surface area contributed by atoms with Gasteiger partial charge in [-0.05, 0) is 33.6 Å². The summed E-state index contributed by atoms with van der Waals surface area (Å²) in [5, 5.41) is 9.23. The first-order valence-electron chi connectivity index (χ1n) is 6.90. The fourth-order valence-electron chi connectivity index (χ4n) is 2.46. The number of rotatable bonds is 3. The van der Waals surface area contributed by atoms with E-state index in [4.69, 9.17) is 0 Å². The van der Waals surface area contributed by atoms with Crippen LogP contribution in [0.2, 0.25) is 0 Å². The minimum absolute atomic E-state index is 0.0818. The van der Waals surface area contributed by atoms with E-state index in [0.29, 0.717) is 31.7 Å². The third-order valence-electron chi connectivity index (χ3n) is 4.09. The van der Waals surface area contributed by atoms with Crippen LogP contribution in [-0.4, -0.2) is 33.7 Å². The number of carboxylic acids is 1. The molecule has 0 amide bonds. The highest BCUT2D eigenvalue weighted by molar-refractivity contribution is 5.74. The van der Waals surface area contributed by atoms with Gasteiger partial charge in [0.25, 0.3) is 5.56 Å². The van der Waals surface area contributed by atoms with Crippen molar-refractivity contribution in [3.8, 4) is 0 Å². The molecule has 1 aromatic heterocycles. The van der Waals surface area contributed by atoms with E-state index in [1.165, 1.54) is 0 Å². The smallest absolute Gasteiger partial charge is 0.309 e. The van der Waals surface area contributed by atoms with E-state index < -0.39 is 11.4 Å². The van der Waals surface area contributed by atoms with E-state index >= 15 is 0 Å². The molecule has 6 heteroatoms. The number of nitrogens with zero attached hydrogens (tertiary/aromatic N) is 3. The second kappa shape index (κ2) is 5.26. The monoisotopic (exact) mass is 279 g/mol. The van der Waals surface area contributed by atoms with Gasteiger partial charge in [0, 0.05) is 31.5 Å². The summed E-state index contributed by atoms with van der Waals surface area (Å²) in [5.41, 5.74) is -0.802. The summed E-state index contributed by atoms with van der Waals surface area (Å²) >= 11 is 0. The second-order valence-electron chi connectivity index (χ2n) is 5.91. The summed E-state index contributed by atoms with van der Waals surface area (Å²) in [4.78, 5) is 29.7. The van der Waals surface area contributed by atoms with Gasteiger partial charge in [-0.25, -0.2) is 4.98 Å². The van der Waals surface area contributed by atoms with Crippen LogP contribution in [0.15, 0.2) is 17.2 Å². The van der Waals surface area contributed by atoms with E-state index in [9.17, 15) is 14.7 Å². The van der Waals surface area contributed by atoms with Crippen LogP contribution in [0.1, 0.15) is 39.7 Å². The molecule has 20 heavy (non-hydrogen) atoms. The maximum absolute atomic E-state index is 12.3. The number of anilines is 1. The zero-order valence-electron chi connectivity index (χ0n) is 12.2. The Morgan fingerprint density at radius 1 is 1.40 bits per heavy atom. The summed E-state index contributed by atoms with van der Waals surface area (Å²) < 4.78 is 1.65. The molecule has 0 unspecified atom stereocenters. The van der Waals surface area contributed by atoms with Gasteiger partial charge in [-0.3, -0.25) is 9.59 Å². The first-order chi connectivity index (χ1) is 9.35. The quantitative estimate of drug-likeness (QED) is 0.907. The van der Waals surface area contributed by atoms with Gasteiger partial charge in [0.2, 0.25) is 0 Å². The minimum atomic E-state index is -0.766. The van der Waals surface area contributed by atoms with Gasteiger partial charge >= 0.3 is 5.97 Å². The summed E-state index contributed by atoms with van der Waals surface area (Å²) in [6.07, 6.45) is 4.36. The Bertz CT molecular complexity index is 557. The Balaban J connectivity index is 2.22. The Hall–Kier alpha value is -1.85. The number of hydrogen-bond acceptors (Lipinski definition) is 4. The lowest BCUT2D eigenvalue weighted by atomic mass is 9.80. The lowest BCUT2D eigenvalue weighted by Gasteiger charge is -2.36. The van der Waals surface area contributed by atoms with E-state index in [1.807, 2.05) is 18.7 Å². The molecule has 2 heterocycles. The Morgan fingerprint density at radius 2 is 2.00 bits per heavy atom. The van der Waals surface area contributed by atoms with E-state index in [-0.39, 0.29) is 11.6 Å². The minimum Gasteiger partial charge on any atom is -0.481 e. The average Bonchev–Trinajstić information content (AvgIpc) is 2.40. The SMILES string of the molecule is CC(C)n1ccnc(N2CCC(C)(C(=O)O)CC2)c1=O. The van der Waals surface area contributed by atoms with Gasteiger partial charge in [0.1, 0.15) is 0 Å². The zero-order chi connectivity index (χ0) is 14.9. The van der Waals surface area contributed by atoms with Crippen molar-refractivity contribution >= 4 is 11.8 Å². The highest BCUT2D eigenvalue weighted by Gasteiger charge is 2.37. The molecular formula is C14H21N3O3. The number of carbonyl (C=O) groups is 1. The lowest BCUT2D eigenvalue weighted by molar-refractivity contribution is -0.149. The number of hydrogen-bond donors (Lipinski definition) is 1. The molecule has 1 aromatic rings. The number of carboxylic acid groups (broad SMARTS) is 1. The molecule has 1 fully saturated rings. The summed E-state index contributed by atoms with van der Waals surface area (Å²) in [6.45, 7) is 6.75. The maximum Gasteiger partial charge on any atom is 0.309 e. The molecular weight excluding hydrogens is 258 g/mol.